The summed E-state index contributed by atoms with van der Waals surface area (Å²) in [5, 5.41) is 22.8. The molecule has 1 aliphatic carbocycles. The van der Waals surface area contributed by atoms with Gasteiger partial charge in [0.25, 0.3) is 0 Å². The van der Waals surface area contributed by atoms with Gasteiger partial charge in [0.15, 0.2) is 0 Å². The van der Waals surface area contributed by atoms with Crippen LogP contribution in [0.3, 0.4) is 0 Å². The number of para-hydroxylation sites is 1. The molecule has 0 bridgehead atoms. The largest absolute Gasteiger partial charge is 0.482 e. The minimum Gasteiger partial charge on any atom is -0.482 e. The van der Waals surface area contributed by atoms with Gasteiger partial charge in [-0.05, 0) is 47.2 Å². The highest BCUT2D eigenvalue weighted by molar-refractivity contribution is 14.1. The fourth-order valence-corrected chi connectivity index (χ4v) is 4.25. The molecule has 1 aromatic carbocycles. The Morgan fingerprint density at radius 3 is 2.65 bits per heavy atom. The highest BCUT2D eigenvalue weighted by Crippen LogP contribution is 2.29. The van der Waals surface area contributed by atoms with Crippen LogP contribution in [0.15, 0.2) is 35.9 Å². The van der Waals surface area contributed by atoms with E-state index in [1.165, 1.54) is 6.92 Å². The lowest BCUT2D eigenvalue weighted by Crippen LogP contribution is -2.55. The third-order valence-electron chi connectivity index (χ3n) is 5.37. The molecule has 31 heavy (non-hydrogen) atoms. The summed E-state index contributed by atoms with van der Waals surface area (Å²) in [5.74, 6) is 0.152. The molecular weight excluding hydrogens is 511 g/mol. The Hall–Kier alpha value is -1.65. The minimum absolute atomic E-state index is 0.134. The van der Waals surface area contributed by atoms with Crippen LogP contribution in [0.25, 0.3) is 0 Å². The second kappa shape index (κ2) is 13.0. The molecule has 2 rings (SSSR count). The normalized spacial score (nSPS) is 20.7. The fraction of sp³-hybridized carbons (Fsp3) is 0.565. The van der Waals surface area contributed by atoms with Crippen LogP contribution in [0.4, 0.5) is 0 Å². The molecular formula is C23H33IN2O5. The molecule has 0 fully saturated rings. The van der Waals surface area contributed by atoms with E-state index in [1.54, 1.807) is 11.0 Å². The Balaban J connectivity index is 2.28. The van der Waals surface area contributed by atoms with Crippen molar-refractivity contribution in [2.45, 2.75) is 64.2 Å². The first-order valence-corrected chi connectivity index (χ1v) is 11.9. The molecule has 0 aromatic heterocycles. The summed E-state index contributed by atoms with van der Waals surface area (Å²) < 4.78 is 6.97. The summed E-state index contributed by atoms with van der Waals surface area (Å²) in [4.78, 5) is 26.7. The van der Waals surface area contributed by atoms with E-state index in [0.717, 1.165) is 29.3 Å². The number of benzene rings is 1. The van der Waals surface area contributed by atoms with Crippen LogP contribution in [-0.2, 0) is 9.59 Å². The number of ether oxygens (including phenoxy) is 1. The van der Waals surface area contributed by atoms with Crippen molar-refractivity contribution in [2.75, 3.05) is 19.7 Å². The summed E-state index contributed by atoms with van der Waals surface area (Å²) in [6, 6.07) is 6.89. The van der Waals surface area contributed by atoms with Crippen LogP contribution in [0.2, 0.25) is 0 Å². The summed E-state index contributed by atoms with van der Waals surface area (Å²) >= 11 is 2.16. The van der Waals surface area contributed by atoms with E-state index in [1.807, 2.05) is 24.3 Å². The zero-order chi connectivity index (χ0) is 22.8. The Kier molecular flexibility index (Phi) is 10.8. The van der Waals surface area contributed by atoms with Gasteiger partial charge in [-0.2, -0.15) is 0 Å². The summed E-state index contributed by atoms with van der Waals surface area (Å²) in [6.07, 6.45) is 4.15. The van der Waals surface area contributed by atoms with Gasteiger partial charge in [0.2, 0.25) is 11.8 Å². The van der Waals surface area contributed by atoms with E-state index in [2.05, 4.69) is 34.8 Å². The highest BCUT2D eigenvalue weighted by atomic mass is 127. The van der Waals surface area contributed by atoms with E-state index < -0.39 is 18.2 Å². The molecule has 3 N–H and O–H groups in total. The molecule has 0 heterocycles. The topological polar surface area (TPSA) is 99.1 Å². The molecule has 7 nitrogen and oxygen atoms in total. The first kappa shape index (κ1) is 25.6. The lowest BCUT2D eigenvalue weighted by atomic mass is 9.88. The summed E-state index contributed by atoms with van der Waals surface area (Å²) in [7, 11) is 0. The maximum absolute atomic E-state index is 12.6. The number of unbranched alkanes of at least 4 members (excludes halogenated alkanes) is 3. The monoisotopic (exact) mass is 544 g/mol. The van der Waals surface area contributed by atoms with Crippen LogP contribution in [0.1, 0.15) is 46.0 Å². The number of nitrogens with zero attached hydrogens (tertiary/aromatic N) is 1. The van der Waals surface area contributed by atoms with Gasteiger partial charge >= 0.3 is 0 Å². The van der Waals surface area contributed by atoms with Gasteiger partial charge in [-0.25, -0.2) is 0 Å². The third kappa shape index (κ3) is 7.47. The predicted molar refractivity (Wildman–Crippen MR) is 128 cm³/mol. The number of rotatable bonds is 11. The van der Waals surface area contributed by atoms with E-state index in [-0.39, 0.29) is 31.4 Å². The van der Waals surface area contributed by atoms with Crippen molar-refractivity contribution >= 4 is 34.4 Å². The van der Waals surface area contributed by atoms with Gasteiger partial charge in [0.05, 0.1) is 16.2 Å². The van der Waals surface area contributed by atoms with Crippen molar-refractivity contribution < 1.29 is 24.5 Å². The molecule has 3 atom stereocenters. The molecule has 1 aliphatic rings. The number of carbonyl (C=O) groups excluding carboxylic acids is 2. The zero-order valence-corrected chi connectivity index (χ0v) is 20.4. The quantitative estimate of drug-likeness (QED) is 0.294. The average molecular weight is 544 g/mol. The number of aliphatic hydroxyl groups is 2. The maximum atomic E-state index is 12.6. The van der Waals surface area contributed by atoms with Crippen molar-refractivity contribution in [3.05, 3.63) is 39.5 Å². The predicted octanol–water partition coefficient (Wildman–Crippen LogP) is 2.64. The fourth-order valence-electron chi connectivity index (χ4n) is 3.73. The Bertz CT molecular complexity index is 770. The van der Waals surface area contributed by atoms with Gasteiger partial charge in [-0.15, -0.1) is 0 Å². The van der Waals surface area contributed by atoms with E-state index >= 15 is 0 Å². The van der Waals surface area contributed by atoms with Crippen LogP contribution >= 0.6 is 22.6 Å². The van der Waals surface area contributed by atoms with Crippen molar-refractivity contribution in [3.63, 3.8) is 0 Å². The van der Waals surface area contributed by atoms with Crippen LogP contribution < -0.4 is 10.1 Å². The number of hydrogen-bond acceptors (Lipinski definition) is 5. The first-order valence-electron chi connectivity index (χ1n) is 10.8. The molecule has 2 amide bonds. The highest BCUT2D eigenvalue weighted by Gasteiger charge is 2.39. The average Bonchev–Trinajstić information content (AvgIpc) is 2.75. The Morgan fingerprint density at radius 2 is 2.00 bits per heavy atom. The molecule has 0 radical (unpaired) electrons. The molecule has 0 aliphatic heterocycles. The second-order valence-electron chi connectivity index (χ2n) is 7.72. The number of amides is 2. The number of nitrogens with one attached hydrogen (secondary N) is 1. The first-order chi connectivity index (χ1) is 14.9. The molecule has 0 saturated heterocycles. The number of aliphatic hydroxyl groups excluding tert-OH is 2. The minimum atomic E-state index is -0.972. The van der Waals surface area contributed by atoms with Crippen LogP contribution in [0.5, 0.6) is 5.75 Å². The lowest BCUT2D eigenvalue weighted by molar-refractivity contribution is -0.136. The van der Waals surface area contributed by atoms with Gasteiger partial charge in [-0.3, -0.25) is 9.59 Å². The Labute approximate surface area is 198 Å². The molecule has 8 heteroatoms. The molecule has 0 spiro atoms. The number of hydrogen-bond donors (Lipinski definition) is 3. The summed E-state index contributed by atoms with van der Waals surface area (Å²) in [5.41, 5.74) is 0.444. The van der Waals surface area contributed by atoms with Gasteiger partial charge < -0.3 is 25.2 Å². The van der Waals surface area contributed by atoms with Crippen LogP contribution in [-0.4, -0.2) is 64.9 Å². The Morgan fingerprint density at radius 1 is 1.26 bits per heavy atom. The van der Waals surface area contributed by atoms with E-state index in [0.29, 0.717) is 17.9 Å². The zero-order valence-electron chi connectivity index (χ0n) is 18.2. The van der Waals surface area contributed by atoms with Gasteiger partial charge in [0.1, 0.15) is 18.0 Å². The lowest BCUT2D eigenvalue weighted by Gasteiger charge is -2.40. The maximum Gasteiger partial charge on any atom is 0.247 e. The second-order valence-corrected chi connectivity index (χ2v) is 8.88. The van der Waals surface area contributed by atoms with E-state index in [4.69, 9.17) is 9.84 Å². The number of carbonyl (C=O) groups is 2. The number of halogens is 1. The van der Waals surface area contributed by atoms with Crippen molar-refractivity contribution in [1.29, 1.82) is 0 Å². The van der Waals surface area contributed by atoms with Crippen molar-refractivity contribution in [1.82, 2.24) is 10.2 Å². The smallest absolute Gasteiger partial charge is 0.247 e. The van der Waals surface area contributed by atoms with Gasteiger partial charge in [0, 0.05) is 32.0 Å². The molecule has 3 unspecified atom stereocenters. The van der Waals surface area contributed by atoms with Gasteiger partial charge in [-0.1, -0.05) is 38.3 Å². The standard InChI is InChI=1S/C23H33IN2O5/c1-3-4-5-8-12-26(16(2)28)19-14-17(23(30)25-11-13-27)15-21(22(19)29)31-20-10-7-6-9-18(20)24/h6-7,9-10,15,19,21-22,27,29H,3-5,8,11-14H2,1-2H3,(H,25,30). The third-order valence-corrected chi connectivity index (χ3v) is 6.26. The summed E-state index contributed by atoms with van der Waals surface area (Å²) in [6.45, 7) is 4.12. The van der Waals surface area contributed by atoms with Crippen molar-refractivity contribution in [3.8, 4) is 5.75 Å². The SMILES string of the molecule is CCCCCCN(C(C)=O)C1CC(C(=O)NCCO)=CC(Oc2ccccc2I)C1O. The molecule has 172 valence electrons. The van der Waals surface area contributed by atoms with Crippen molar-refractivity contribution in [2.24, 2.45) is 0 Å². The van der Waals surface area contributed by atoms with Crippen LogP contribution in [0, 0.1) is 3.57 Å². The molecule has 0 saturated carbocycles. The molecule has 1 aromatic rings. The van der Waals surface area contributed by atoms with E-state index in [9.17, 15) is 14.7 Å².